The molecule has 2 aromatic carbocycles. The first-order valence-electron chi connectivity index (χ1n) is 13.0. The maximum absolute atomic E-state index is 11.2. The van der Waals surface area contributed by atoms with E-state index in [2.05, 4.69) is 25.5 Å². The van der Waals surface area contributed by atoms with Gasteiger partial charge in [-0.05, 0) is 43.0 Å². The summed E-state index contributed by atoms with van der Waals surface area (Å²) >= 11 is 1.60. The molecular weight excluding hydrogens is 476 g/mol. The van der Waals surface area contributed by atoms with E-state index in [1.54, 1.807) is 18.7 Å². The molecule has 0 aliphatic carbocycles. The van der Waals surface area contributed by atoms with Crippen molar-refractivity contribution in [3.05, 3.63) is 71.1 Å². The number of benzene rings is 2. The average Bonchev–Trinajstić information content (AvgIpc) is 2.91. The molecule has 0 fully saturated rings. The van der Waals surface area contributed by atoms with Crippen LogP contribution in [0.1, 0.15) is 91.5 Å². The van der Waals surface area contributed by atoms with Gasteiger partial charge in [-0.2, -0.15) is 5.26 Å². The molecule has 0 saturated carbocycles. The van der Waals surface area contributed by atoms with Crippen LogP contribution in [0.3, 0.4) is 0 Å². The molecule has 0 saturated heterocycles. The highest BCUT2D eigenvalue weighted by molar-refractivity contribution is 8.01. The van der Waals surface area contributed by atoms with Crippen molar-refractivity contribution < 1.29 is 9.53 Å². The van der Waals surface area contributed by atoms with Gasteiger partial charge < -0.3 is 10.5 Å². The van der Waals surface area contributed by atoms with Crippen molar-refractivity contribution in [2.75, 3.05) is 0 Å². The molecule has 0 bridgehead atoms. The van der Waals surface area contributed by atoms with Crippen LogP contribution < -0.4 is 10.5 Å². The molecule has 37 heavy (non-hydrogen) atoms. The molecule has 4 nitrogen and oxygen atoms in total. The molecule has 0 spiro atoms. The SMILES string of the molecule is C#CCC.CC(=O)/C(C)=C/SCc1ccccc1Oc1ccccc1.CCCCCCCCC.N#CN. The van der Waals surface area contributed by atoms with Crippen molar-refractivity contribution in [3.8, 4) is 30.0 Å². The highest BCUT2D eigenvalue weighted by Crippen LogP contribution is 2.28. The van der Waals surface area contributed by atoms with Gasteiger partial charge in [0.25, 0.3) is 0 Å². The number of ketones is 1. The smallest absolute Gasteiger partial charge is 0.173 e. The fourth-order valence-corrected chi connectivity index (χ4v) is 3.63. The van der Waals surface area contributed by atoms with E-state index in [9.17, 15) is 4.79 Å². The van der Waals surface area contributed by atoms with Crippen molar-refractivity contribution in [1.82, 2.24) is 0 Å². The van der Waals surface area contributed by atoms with E-state index < -0.39 is 0 Å². The number of hydrogen-bond acceptors (Lipinski definition) is 5. The van der Waals surface area contributed by atoms with Crippen LogP contribution >= 0.6 is 11.8 Å². The zero-order chi connectivity index (χ0) is 28.2. The number of rotatable bonds is 12. The Hall–Kier alpha value is -3.15. The summed E-state index contributed by atoms with van der Waals surface area (Å²) in [5, 5.41) is 9.00. The van der Waals surface area contributed by atoms with Crippen molar-refractivity contribution in [1.29, 1.82) is 5.26 Å². The topological polar surface area (TPSA) is 76.1 Å². The van der Waals surface area contributed by atoms with Gasteiger partial charge in [-0.1, -0.05) is 102 Å². The van der Waals surface area contributed by atoms with Crippen LogP contribution in [-0.2, 0) is 10.5 Å². The Balaban J connectivity index is 0. The van der Waals surface area contributed by atoms with E-state index in [1.165, 1.54) is 51.1 Å². The number of nitriles is 1. The van der Waals surface area contributed by atoms with Crippen LogP contribution in [0.5, 0.6) is 11.5 Å². The van der Waals surface area contributed by atoms with Crippen LogP contribution in [0.2, 0.25) is 0 Å². The largest absolute Gasteiger partial charge is 0.457 e. The molecule has 0 unspecified atom stereocenters. The summed E-state index contributed by atoms with van der Waals surface area (Å²) in [5.74, 6) is 4.99. The van der Waals surface area contributed by atoms with Gasteiger partial charge in [0.15, 0.2) is 12.0 Å². The van der Waals surface area contributed by atoms with Crippen LogP contribution in [0, 0.1) is 23.8 Å². The van der Waals surface area contributed by atoms with Crippen molar-refractivity contribution in [2.45, 2.75) is 91.7 Å². The van der Waals surface area contributed by atoms with E-state index in [4.69, 9.17) is 16.4 Å². The number of terminal acetylenes is 1. The number of unbranched alkanes of at least 4 members (excludes halogenated alkanes) is 6. The number of thioether (sulfide) groups is 1. The second-order valence-corrected chi connectivity index (χ2v) is 9.00. The number of carbonyl (C=O) groups excluding carboxylic acids is 1. The second-order valence-electron chi connectivity index (χ2n) is 8.15. The van der Waals surface area contributed by atoms with E-state index in [0.717, 1.165) is 34.8 Å². The Kier molecular flexibility index (Phi) is 26.7. The number of allylic oxidation sites excluding steroid dienone is 1. The number of para-hydroxylation sites is 2. The van der Waals surface area contributed by atoms with Gasteiger partial charge >= 0.3 is 0 Å². The molecule has 0 heterocycles. The summed E-state index contributed by atoms with van der Waals surface area (Å²) in [5.41, 5.74) is 6.04. The molecule has 0 amide bonds. The lowest BCUT2D eigenvalue weighted by Gasteiger charge is -2.10. The third-order valence-corrected chi connectivity index (χ3v) is 5.91. The van der Waals surface area contributed by atoms with Gasteiger partial charge in [0.1, 0.15) is 11.5 Å². The fraction of sp³-hybridized carbons (Fsp3) is 0.438. The predicted octanol–water partition coefficient (Wildman–Crippen LogP) is 9.42. The Labute approximate surface area is 230 Å². The molecule has 0 aliphatic rings. The minimum atomic E-state index is 0.108. The van der Waals surface area contributed by atoms with Crippen LogP contribution in [0.25, 0.3) is 0 Å². The fourth-order valence-electron chi connectivity index (χ4n) is 2.71. The zero-order valence-electron chi connectivity index (χ0n) is 23.5. The maximum atomic E-state index is 11.2. The van der Waals surface area contributed by atoms with Crippen LogP contribution in [0.4, 0.5) is 0 Å². The number of carbonyl (C=O) groups is 1. The summed E-state index contributed by atoms with van der Waals surface area (Å²) in [7, 11) is 0. The van der Waals surface area contributed by atoms with E-state index >= 15 is 0 Å². The standard InChI is InChI=1S/C18H18O2S.C9H20.C4H6.CH2N2/c1-14(15(2)19)12-21-13-16-8-6-7-11-18(16)20-17-9-4-3-5-10-17;1-3-5-7-9-8-6-4-2;1-3-4-2;2-1-3/h3-12H,13H2,1-2H3;3-9H2,1-2H3;1H,4H2,2H3;2H2/b14-12+;;;. The number of ether oxygens (including phenoxy) is 1. The lowest BCUT2D eigenvalue weighted by atomic mass is 10.1. The number of Topliss-reactive ketones (excluding diaryl/α,β-unsaturated/α-hetero) is 1. The highest BCUT2D eigenvalue weighted by Gasteiger charge is 2.04. The van der Waals surface area contributed by atoms with E-state index in [-0.39, 0.29) is 5.78 Å². The third kappa shape index (κ3) is 23.0. The number of nitrogens with two attached hydrogens (primary N) is 1. The Morgan fingerprint density at radius 3 is 1.92 bits per heavy atom. The first-order chi connectivity index (χ1) is 17.9. The monoisotopic (exact) mass is 522 g/mol. The molecule has 2 N–H and O–H groups in total. The summed E-state index contributed by atoms with van der Waals surface area (Å²) in [4.78, 5) is 11.2. The molecule has 0 aromatic heterocycles. The Morgan fingerprint density at radius 1 is 0.946 bits per heavy atom. The van der Waals surface area contributed by atoms with Gasteiger partial charge in [-0.3, -0.25) is 4.79 Å². The third-order valence-electron chi connectivity index (χ3n) is 4.91. The molecule has 202 valence electrons. The second kappa shape index (κ2) is 27.4. The van der Waals surface area contributed by atoms with Crippen molar-refractivity contribution >= 4 is 17.5 Å². The van der Waals surface area contributed by atoms with E-state index in [1.807, 2.05) is 73.9 Å². The minimum absolute atomic E-state index is 0.108. The molecule has 0 atom stereocenters. The van der Waals surface area contributed by atoms with Crippen molar-refractivity contribution in [3.63, 3.8) is 0 Å². The maximum Gasteiger partial charge on any atom is 0.173 e. The molecule has 0 radical (unpaired) electrons. The van der Waals surface area contributed by atoms with Gasteiger partial charge in [0.2, 0.25) is 0 Å². The molecule has 5 heteroatoms. The lowest BCUT2D eigenvalue weighted by molar-refractivity contribution is -0.113. The molecule has 0 aliphatic heterocycles. The number of hydrogen-bond donors (Lipinski definition) is 1. The van der Waals surface area contributed by atoms with E-state index in [0.29, 0.717) is 0 Å². The summed E-state index contributed by atoms with van der Waals surface area (Å²) < 4.78 is 5.91. The first-order valence-corrected chi connectivity index (χ1v) is 14.1. The first kappa shape index (κ1) is 36.0. The average molecular weight is 523 g/mol. The Bertz CT molecular complexity index is 922. The summed E-state index contributed by atoms with van der Waals surface area (Å²) in [6.07, 6.45) is 16.8. The van der Waals surface area contributed by atoms with Crippen LogP contribution in [-0.4, -0.2) is 5.78 Å². The van der Waals surface area contributed by atoms with Gasteiger partial charge in [-0.25, -0.2) is 0 Å². The highest BCUT2D eigenvalue weighted by atomic mass is 32.2. The quantitative estimate of drug-likeness (QED) is 0.0987. The lowest BCUT2D eigenvalue weighted by Crippen LogP contribution is -1.91. The van der Waals surface area contributed by atoms with Crippen LogP contribution in [0.15, 0.2) is 65.6 Å². The predicted molar refractivity (Wildman–Crippen MR) is 161 cm³/mol. The van der Waals surface area contributed by atoms with Gasteiger partial charge in [0, 0.05) is 17.7 Å². The summed E-state index contributed by atoms with van der Waals surface area (Å²) in [6.45, 7) is 9.89. The Morgan fingerprint density at radius 2 is 1.43 bits per heavy atom. The van der Waals surface area contributed by atoms with Gasteiger partial charge in [-0.15, -0.1) is 24.1 Å². The molecular formula is C32H46N2O2S. The molecule has 2 aromatic rings. The summed E-state index contributed by atoms with van der Waals surface area (Å²) in [6, 6.07) is 17.7. The normalized spacial score (nSPS) is 9.54. The molecule has 2 rings (SSSR count). The zero-order valence-corrected chi connectivity index (χ0v) is 24.3. The number of nitrogens with zero attached hydrogens (tertiary/aromatic N) is 1. The van der Waals surface area contributed by atoms with Crippen molar-refractivity contribution in [2.24, 2.45) is 5.73 Å². The van der Waals surface area contributed by atoms with Gasteiger partial charge in [0.05, 0.1) is 0 Å². The minimum Gasteiger partial charge on any atom is -0.457 e.